The second-order valence-corrected chi connectivity index (χ2v) is 14.4. The second-order valence-electron chi connectivity index (χ2n) is 14.4. The zero-order valence-electron chi connectivity index (χ0n) is 29.3. The van der Waals surface area contributed by atoms with Gasteiger partial charge in [-0.25, -0.2) is 0 Å². The van der Waals surface area contributed by atoms with Gasteiger partial charge in [0.25, 0.3) is 0 Å². The molecule has 12 rings (SSSR count). The predicted octanol–water partition coefficient (Wildman–Crippen LogP) is 14.6. The van der Waals surface area contributed by atoms with Gasteiger partial charge in [-0.15, -0.1) is 0 Å². The summed E-state index contributed by atoms with van der Waals surface area (Å²) in [6, 6.07) is 68.6. The lowest BCUT2D eigenvalue weighted by Crippen LogP contribution is -1.94. The van der Waals surface area contributed by atoms with Crippen molar-refractivity contribution in [3.63, 3.8) is 0 Å². The molecule has 250 valence electrons. The maximum atomic E-state index is 6.41. The Morgan fingerprint density at radius 1 is 0.333 bits per heavy atom. The minimum Gasteiger partial charge on any atom is -0.455 e. The molecule has 2 heteroatoms. The Bertz CT molecular complexity index is 3350. The fraction of sp³-hybridized carbons (Fsp3) is 0. The van der Waals surface area contributed by atoms with Gasteiger partial charge in [0.1, 0.15) is 11.2 Å². The highest BCUT2D eigenvalue weighted by Crippen LogP contribution is 2.45. The lowest BCUT2D eigenvalue weighted by atomic mass is 9.85. The van der Waals surface area contributed by atoms with Crippen LogP contribution < -0.4 is 0 Å². The number of furan rings is 1. The van der Waals surface area contributed by atoms with Crippen molar-refractivity contribution >= 4 is 76.1 Å². The largest absolute Gasteiger partial charge is 0.455 e. The summed E-state index contributed by atoms with van der Waals surface area (Å²) in [4.78, 5) is 0. The summed E-state index contributed by atoms with van der Waals surface area (Å²) in [6.45, 7) is 0. The van der Waals surface area contributed by atoms with Crippen LogP contribution in [0.25, 0.3) is 115 Å². The van der Waals surface area contributed by atoms with Crippen molar-refractivity contribution in [2.24, 2.45) is 0 Å². The first-order valence-corrected chi connectivity index (χ1v) is 18.6. The highest BCUT2D eigenvalue weighted by atomic mass is 16.3. The van der Waals surface area contributed by atoms with Crippen molar-refractivity contribution < 1.29 is 4.42 Å². The van der Waals surface area contributed by atoms with Crippen molar-refractivity contribution in [2.75, 3.05) is 0 Å². The molecule has 0 unspecified atom stereocenters. The molecule has 0 saturated carbocycles. The molecule has 0 atom stereocenters. The van der Waals surface area contributed by atoms with Crippen LogP contribution in [-0.2, 0) is 0 Å². The number of hydrogen-bond donors (Lipinski definition) is 0. The van der Waals surface area contributed by atoms with Gasteiger partial charge in [0.15, 0.2) is 0 Å². The molecule has 0 spiro atoms. The first-order valence-electron chi connectivity index (χ1n) is 18.6. The summed E-state index contributed by atoms with van der Waals surface area (Å²) < 4.78 is 8.80. The lowest BCUT2D eigenvalue weighted by molar-refractivity contribution is 0.670. The van der Waals surface area contributed by atoms with Gasteiger partial charge in [0.05, 0.1) is 11.0 Å². The van der Waals surface area contributed by atoms with Crippen LogP contribution in [0.15, 0.2) is 192 Å². The first kappa shape index (κ1) is 29.4. The second kappa shape index (κ2) is 11.2. The Morgan fingerprint density at radius 2 is 0.852 bits per heavy atom. The summed E-state index contributed by atoms with van der Waals surface area (Å²) in [6.07, 6.45) is 0. The van der Waals surface area contributed by atoms with E-state index in [1.165, 1.54) is 76.4 Å². The normalized spacial score (nSPS) is 12.1. The van der Waals surface area contributed by atoms with E-state index in [2.05, 4.69) is 180 Å². The number of nitrogens with zero attached hydrogens (tertiary/aromatic N) is 1. The molecule has 54 heavy (non-hydrogen) atoms. The third-order valence-electron chi connectivity index (χ3n) is 11.6. The van der Waals surface area contributed by atoms with Crippen LogP contribution in [0.5, 0.6) is 0 Å². The van der Waals surface area contributed by atoms with Crippen LogP contribution in [0.2, 0.25) is 0 Å². The summed E-state index contributed by atoms with van der Waals surface area (Å²) in [7, 11) is 0. The average molecular weight is 686 g/mol. The number of para-hydroxylation sites is 4. The Labute approximate surface area is 311 Å². The van der Waals surface area contributed by atoms with Crippen LogP contribution in [0.1, 0.15) is 0 Å². The summed E-state index contributed by atoms with van der Waals surface area (Å²) >= 11 is 0. The van der Waals surface area contributed by atoms with Gasteiger partial charge in [-0.1, -0.05) is 152 Å². The maximum absolute atomic E-state index is 6.41. The van der Waals surface area contributed by atoms with E-state index in [0.29, 0.717) is 0 Å². The topological polar surface area (TPSA) is 18.1 Å². The monoisotopic (exact) mass is 685 g/mol. The van der Waals surface area contributed by atoms with Crippen molar-refractivity contribution in [3.05, 3.63) is 188 Å². The van der Waals surface area contributed by atoms with Crippen LogP contribution >= 0.6 is 0 Å². The minimum atomic E-state index is 0.917. The zero-order valence-corrected chi connectivity index (χ0v) is 29.3. The van der Waals surface area contributed by atoms with Crippen LogP contribution in [0, 0.1) is 0 Å². The fourth-order valence-electron chi connectivity index (χ4n) is 9.10. The Morgan fingerprint density at radius 3 is 1.50 bits per heavy atom. The van der Waals surface area contributed by atoms with Crippen molar-refractivity contribution in [1.82, 2.24) is 4.57 Å². The van der Waals surface area contributed by atoms with E-state index < -0.39 is 0 Å². The predicted molar refractivity (Wildman–Crippen MR) is 228 cm³/mol. The van der Waals surface area contributed by atoms with E-state index in [4.69, 9.17) is 4.42 Å². The van der Waals surface area contributed by atoms with Gasteiger partial charge < -0.3 is 8.98 Å². The van der Waals surface area contributed by atoms with Gasteiger partial charge in [-0.05, 0) is 96.5 Å². The van der Waals surface area contributed by atoms with Gasteiger partial charge in [-0.3, -0.25) is 0 Å². The van der Waals surface area contributed by atoms with E-state index in [-0.39, 0.29) is 0 Å². The van der Waals surface area contributed by atoms with E-state index in [9.17, 15) is 0 Å². The van der Waals surface area contributed by atoms with E-state index in [1.807, 2.05) is 12.1 Å². The molecule has 2 aromatic heterocycles. The van der Waals surface area contributed by atoms with Crippen LogP contribution in [0.4, 0.5) is 0 Å². The average Bonchev–Trinajstić information content (AvgIpc) is 3.79. The minimum absolute atomic E-state index is 0.917. The van der Waals surface area contributed by atoms with Crippen molar-refractivity contribution in [3.8, 4) is 39.1 Å². The Hall–Kier alpha value is -7.16. The summed E-state index contributed by atoms with van der Waals surface area (Å²) in [5.41, 5.74) is 12.6. The lowest BCUT2D eigenvalue weighted by Gasteiger charge is -2.18. The van der Waals surface area contributed by atoms with E-state index in [0.717, 1.165) is 38.8 Å². The standard InChI is InChI=1S/C52H31NO/c1-4-16-47-39(11-1)40-12-2-5-17-48(40)53(47)37-27-23-34(24-28-37)46-31-45(42-29-25-35-9-7-10-36-26-30-43(46)51(42)50(35)36)33-21-19-32(20-22-33)38-14-8-15-44-41-13-3-6-18-49(41)54-52(38)44/h1-31H. The SMILES string of the molecule is c1cc2ccc3c(-c4ccc(-c5cccc6c5oc5ccccc56)cc4)cc(-c4ccc(-n5c6ccccc6c6ccccc65)cc4)c4ccc(c1)c2c34. The highest BCUT2D eigenvalue weighted by Gasteiger charge is 2.18. The molecular weight excluding hydrogens is 655 g/mol. The molecule has 2 nitrogen and oxygen atoms in total. The smallest absolute Gasteiger partial charge is 0.143 e. The van der Waals surface area contributed by atoms with Crippen molar-refractivity contribution in [2.45, 2.75) is 0 Å². The number of fused-ring (bicyclic) bond motifs is 6. The third kappa shape index (κ3) is 4.17. The van der Waals surface area contributed by atoms with E-state index >= 15 is 0 Å². The van der Waals surface area contributed by atoms with Crippen molar-refractivity contribution in [1.29, 1.82) is 0 Å². The molecule has 0 N–H and O–H groups in total. The Kier molecular flexibility index (Phi) is 6.09. The number of hydrogen-bond acceptors (Lipinski definition) is 1. The molecule has 0 bridgehead atoms. The molecule has 0 aliphatic carbocycles. The molecule has 12 aromatic rings. The fourth-order valence-corrected chi connectivity index (χ4v) is 9.10. The summed E-state index contributed by atoms with van der Waals surface area (Å²) in [5.74, 6) is 0. The molecule has 0 aliphatic rings. The maximum Gasteiger partial charge on any atom is 0.143 e. The number of benzene rings is 10. The van der Waals surface area contributed by atoms with E-state index in [1.54, 1.807) is 0 Å². The van der Waals surface area contributed by atoms with Gasteiger partial charge >= 0.3 is 0 Å². The van der Waals surface area contributed by atoms with Crippen LogP contribution in [-0.4, -0.2) is 4.57 Å². The molecule has 0 radical (unpaired) electrons. The number of aromatic nitrogens is 1. The zero-order chi connectivity index (χ0) is 35.3. The quantitative estimate of drug-likeness (QED) is 0.169. The summed E-state index contributed by atoms with van der Waals surface area (Å²) in [5, 5.41) is 12.6. The molecule has 0 amide bonds. The number of rotatable bonds is 4. The van der Waals surface area contributed by atoms with Crippen LogP contribution in [0.3, 0.4) is 0 Å². The first-order chi connectivity index (χ1) is 26.8. The molecule has 0 fully saturated rings. The molecule has 0 saturated heterocycles. The van der Waals surface area contributed by atoms with Gasteiger partial charge in [-0.2, -0.15) is 0 Å². The Balaban J connectivity index is 1.04. The highest BCUT2D eigenvalue weighted by molar-refractivity contribution is 6.28. The third-order valence-corrected chi connectivity index (χ3v) is 11.6. The van der Waals surface area contributed by atoms with Gasteiger partial charge in [0.2, 0.25) is 0 Å². The molecule has 10 aromatic carbocycles. The molecule has 2 heterocycles. The molecular formula is C52H31NO. The van der Waals surface area contributed by atoms with Gasteiger partial charge in [0, 0.05) is 32.8 Å². The molecule has 0 aliphatic heterocycles.